The first-order chi connectivity index (χ1) is 6.44. The van der Waals surface area contributed by atoms with Crippen molar-refractivity contribution in [1.29, 1.82) is 0 Å². The fourth-order valence-corrected chi connectivity index (χ4v) is 2.65. The lowest BCUT2D eigenvalue weighted by Crippen LogP contribution is -2.32. The van der Waals surface area contributed by atoms with E-state index < -0.39 is 7.38 Å². The molecule has 0 fully saturated rings. The summed E-state index contributed by atoms with van der Waals surface area (Å²) in [7, 11) is -0.295. The summed E-state index contributed by atoms with van der Waals surface area (Å²) in [6.45, 7) is 4.00. The van der Waals surface area contributed by atoms with Gasteiger partial charge in [-0.3, -0.25) is 4.79 Å². The molecule has 0 saturated heterocycles. The van der Waals surface area contributed by atoms with Crippen molar-refractivity contribution < 1.29 is 4.74 Å². The van der Waals surface area contributed by atoms with Crippen LogP contribution in [0.4, 0.5) is 0 Å². The molecule has 3 nitrogen and oxygen atoms in total. The van der Waals surface area contributed by atoms with Gasteiger partial charge >= 0.3 is 0 Å². The maximum atomic E-state index is 11.7. The molecule has 0 bridgehead atoms. The predicted molar refractivity (Wildman–Crippen MR) is 60.6 cm³/mol. The number of hydrogen-bond acceptors (Lipinski definition) is 2. The molecule has 0 aliphatic heterocycles. The molecule has 1 aromatic rings. The van der Waals surface area contributed by atoms with Gasteiger partial charge in [0.15, 0.2) is 13.1 Å². The molecular formula is C9H14ClNO2Si. The first-order valence-electron chi connectivity index (χ1n) is 4.36. The Morgan fingerprint density at radius 1 is 1.57 bits per heavy atom. The molecular weight excluding hydrogens is 218 g/mol. The number of aromatic nitrogens is 1. The third-order valence-corrected chi connectivity index (χ3v) is 3.20. The Morgan fingerprint density at radius 2 is 2.21 bits per heavy atom. The fourth-order valence-electron chi connectivity index (χ4n) is 1.20. The van der Waals surface area contributed by atoms with E-state index in [1.54, 1.807) is 22.9 Å². The molecule has 0 unspecified atom stereocenters. The van der Waals surface area contributed by atoms with E-state index in [0.29, 0.717) is 11.9 Å². The summed E-state index contributed by atoms with van der Waals surface area (Å²) in [5.74, 6) is 0.363. The Hall–Kier alpha value is -0.743. The maximum absolute atomic E-state index is 11.7. The molecule has 0 saturated carbocycles. The molecule has 5 heteroatoms. The van der Waals surface area contributed by atoms with Gasteiger partial charge in [0.05, 0.1) is 7.11 Å². The minimum absolute atomic E-state index is 0.115. The minimum Gasteiger partial charge on any atom is -0.491 e. The van der Waals surface area contributed by atoms with Gasteiger partial charge in [-0.2, -0.15) is 11.1 Å². The van der Waals surface area contributed by atoms with E-state index in [1.807, 2.05) is 13.1 Å². The summed E-state index contributed by atoms with van der Waals surface area (Å²) in [6.07, 6.45) is 2.34. The van der Waals surface area contributed by atoms with Crippen molar-refractivity contribution in [2.45, 2.75) is 19.3 Å². The lowest BCUT2D eigenvalue weighted by atomic mass is 10.4. The molecule has 0 aliphatic carbocycles. The first-order valence-corrected chi connectivity index (χ1v) is 8.58. The van der Waals surface area contributed by atoms with E-state index in [1.165, 1.54) is 7.11 Å². The van der Waals surface area contributed by atoms with Crippen LogP contribution < -0.4 is 10.3 Å². The summed E-state index contributed by atoms with van der Waals surface area (Å²) >= 11 is 6.17. The molecule has 78 valence electrons. The van der Waals surface area contributed by atoms with E-state index in [-0.39, 0.29) is 5.56 Å². The van der Waals surface area contributed by atoms with E-state index in [2.05, 4.69) is 0 Å². The SMILES string of the molecule is COc1cccn(C[Si](C)(C)Cl)c1=O. The molecule has 1 rings (SSSR count). The molecule has 0 N–H and O–H groups in total. The van der Waals surface area contributed by atoms with Gasteiger partial charge in [-0.15, -0.1) is 0 Å². The van der Waals surface area contributed by atoms with Crippen molar-refractivity contribution in [1.82, 2.24) is 4.57 Å². The zero-order valence-corrected chi connectivity index (χ0v) is 10.3. The number of nitrogens with zero attached hydrogens (tertiary/aromatic N) is 1. The second-order valence-electron chi connectivity index (χ2n) is 3.73. The van der Waals surface area contributed by atoms with Crippen LogP contribution in [0, 0.1) is 0 Å². The molecule has 0 aliphatic rings. The number of pyridine rings is 1. The highest BCUT2D eigenvalue weighted by Crippen LogP contribution is 2.10. The summed E-state index contributed by atoms with van der Waals surface area (Å²) < 4.78 is 6.55. The largest absolute Gasteiger partial charge is 0.491 e. The Labute approximate surface area is 89.0 Å². The molecule has 0 radical (unpaired) electrons. The molecule has 0 spiro atoms. The van der Waals surface area contributed by atoms with Crippen molar-refractivity contribution in [2.75, 3.05) is 7.11 Å². The highest BCUT2D eigenvalue weighted by atomic mass is 35.6. The average Bonchev–Trinajstić information content (AvgIpc) is 2.06. The maximum Gasteiger partial charge on any atom is 0.292 e. The van der Waals surface area contributed by atoms with E-state index in [0.717, 1.165) is 0 Å². The molecule has 0 amide bonds. The first kappa shape index (κ1) is 11.3. The van der Waals surface area contributed by atoms with E-state index in [4.69, 9.17) is 15.8 Å². The topological polar surface area (TPSA) is 31.2 Å². The third kappa shape index (κ3) is 2.89. The number of rotatable bonds is 3. The smallest absolute Gasteiger partial charge is 0.292 e. The van der Waals surface area contributed by atoms with Gasteiger partial charge in [0.1, 0.15) is 0 Å². The number of hydrogen-bond donors (Lipinski definition) is 0. The lowest BCUT2D eigenvalue weighted by molar-refractivity contribution is 0.404. The second-order valence-corrected chi connectivity index (χ2v) is 10.6. The van der Waals surface area contributed by atoms with E-state index in [9.17, 15) is 4.79 Å². The normalized spacial score (nSPS) is 11.4. The van der Waals surface area contributed by atoms with Crippen LogP contribution in [0.1, 0.15) is 0 Å². The van der Waals surface area contributed by atoms with Crippen LogP contribution in [0.2, 0.25) is 13.1 Å². The van der Waals surface area contributed by atoms with Crippen molar-refractivity contribution in [3.05, 3.63) is 28.7 Å². The van der Waals surface area contributed by atoms with Crippen molar-refractivity contribution in [3.63, 3.8) is 0 Å². The van der Waals surface area contributed by atoms with Crippen LogP contribution in [0.3, 0.4) is 0 Å². The van der Waals surface area contributed by atoms with Crippen LogP contribution >= 0.6 is 11.1 Å². The van der Waals surface area contributed by atoms with Crippen LogP contribution in [0.25, 0.3) is 0 Å². The fraction of sp³-hybridized carbons (Fsp3) is 0.444. The number of methoxy groups -OCH3 is 1. The quantitative estimate of drug-likeness (QED) is 0.587. The predicted octanol–water partition coefficient (Wildman–Crippen LogP) is 1.84. The zero-order chi connectivity index (χ0) is 10.8. The highest BCUT2D eigenvalue weighted by molar-refractivity contribution is 7.18. The van der Waals surface area contributed by atoms with Crippen LogP contribution in [0.5, 0.6) is 5.75 Å². The Bertz CT molecular complexity index is 370. The number of halogens is 1. The molecule has 1 heterocycles. The van der Waals surface area contributed by atoms with Gasteiger partial charge in [-0.05, 0) is 12.1 Å². The molecule has 14 heavy (non-hydrogen) atoms. The van der Waals surface area contributed by atoms with Crippen molar-refractivity contribution >= 4 is 18.5 Å². The van der Waals surface area contributed by atoms with Gasteiger partial charge in [0.25, 0.3) is 5.56 Å². The number of ether oxygens (including phenoxy) is 1. The molecule has 0 aromatic carbocycles. The van der Waals surface area contributed by atoms with Crippen LogP contribution in [-0.2, 0) is 6.17 Å². The second kappa shape index (κ2) is 4.19. The average molecular weight is 232 g/mol. The summed E-state index contributed by atoms with van der Waals surface area (Å²) in [4.78, 5) is 11.7. The van der Waals surface area contributed by atoms with Gasteiger partial charge < -0.3 is 9.30 Å². The summed E-state index contributed by atoms with van der Waals surface area (Å²) in [6, 6.07) is 3.44. The Kier molecular flexibility index (Phi) is 3.39. The Morgan fingerprint density at radius 3 is 2.71 bits per heavy atom. The molecule has 1 aromatic heterocycles. The van der Waals surface area contributed by atoms with Gasteiger partial charge in [0.2, 0.25) is 0 Å². The standard InChI is InChI=1S/C9H14ClNO2Si/c1-13-8-5-4-6-11(9(8)12)7-14(2,3)10/h4-6H,7H2,1-3H3. The van der Waals surface area contributed by atoms with Gasteiger partial charge in [-0.25, -0.2) is 0 Å². The van der Waals surface area contributed by atoms with Crippen LogP contribution in [0.15, 0.2) is 23.1 Å². The zero-order valence-electron chi connectivity index (χ0n) is 8.58. The summed E-state index contributed by atoms with van der Waals surface area (Å²) in [5, 5.41) is 0. The Balaban J connectivity index is 3.05. The summed E-state index contributed by atoms with van der Waals surface area (Å²) in [5.41, 5.74) is -0.115. The molecule has 0 atom stereocenters. The van der Waals surface area contributed by atoms with Crippen LogP contribution in [-0.4, -0.2) is 19.1 Å². The monoisotopic (exact) mass is 231 g/mol. The van der Waals surface area contributed by atoms with Gasteiger partial charge in [-0.1, -0.05) is 13.1 Å². The lowest BCUT2D eigenvalue weighted by Gasteiger charge is -2.15. The highest BCUT2D eigenvalue weighted by Gasteiger charge is 2.18. The van der Waals surface area contributed by atoms with Crippen molar-refractivity contribution in [2.24, 2.45) is 0 Å². The van der Waals surface area contributed by atoms with Crippen molar-refractivity contribution in [3.8, 4) is 5.75 Å². The minimum atomic E-state index is -1.79. The van der Waals surface area contributed by atoms with E-state index >= 15 is 0 Å². The van der Waals surface area contributed by atoms with Gasteiger partial charge in [0, 0.05) is 12.4 Å². The third-order valence-electron chi connectivity index (χ3n) is 1.75.